The monoisotopic (exact) mass is 361 g/mol. The number of nitrogens with one attached hydrogen (secondary N) is 1. The summed E-state index contributed by atoms with van der Waals surface area (Å²) < 4.78 is 1.21. The molecule has 0 atom stereocenters. The Bertz CT molecular complexity index is 403. The molecule has 0 radical (unpaired) electrons. The highest BCUT2D eigenvalue weighted by atomic mass is 127. The number of hydrogen-bond acceptors (Lipinski definition) is 2. The lowest BCUT2D eigenvalue weighted by atomic mass is 10.1. The van der Waals surface area contributed by atoms with Crippen molar-refractivity contribution in [3.05, 3.63) is 33.4 Å². The number of unbranched alkanes of at least 4 members (excludes halogenated alkanes) is 1. The molecular formula is C13H16INO3. The van der Waals surface area contributed by atoms with Gasteiger partial charge in [0.2, 0.25) is 5.91 Å². The molecule has 0 bridgehead atoms. The third-order valence-corrected chi connectivity index (χ3v) is 3.19. The van der Waals surface area contributed by atoms with Gasteiger partial charge in [-0.2, -0.15) is 0 Å². The van der Waals surface area contributed by atoms with Crippen LogP contribution >= 0.6 is 22.6 Å². The number of aryl methyl sites for hydroxylation is 1. The molecule has 4 nitrogen and oxygen atoms in total. The van der Waals surface area contributed by atoms with Crippen molar-refractivity contribution in [3.8, 4) is 0 Å². The lowest BCUT2D eigenvalue weighted by molar-refractivity contribution is -0.137. The molecule has 0 unspecified atom stereocenters. The average molecular weight is 361 g/mol. The molecule has 0 saturated heterocycles. The number of hydrogen-bond donors (Lipinski definition) is 2. The molecule has 0 aliphatic rings. The number of halogens is 1. The number of carboxylic acids is 1. The standard InChI is InChI=1S/C13H16INO3/c14-11-7-5-10(6-8-11)3-1-2-4-12(16)15-9-13(17)18/h5-8H,1-4,9H2,(H,15,16)(H,17,18). The van der Waals surface area contributed by atoms with Crippen molar-refractivity contribution in [2.75, 3.05) is 6.54 Å². The van der Waals surface area contributed by atoms with Crippen LogP contribution in [0.3, 0.4) is 0 Å². The van der Waals surface area contributed by atoms with E-state index >= 15 is 0 Å². The maximum absolute atomic E-state index is 11.2. The highest BCUT2D eigenvalue weighted by Gasteiger charge is 2.03. The number of carboxylic acid groups (broad SMARTS) is 1. The van der Waals surface area contributed by atoms with Gasteiger partial charge in [-0.3, -0.25) is 9.59 Å². The predicted molar refractivity (Wildman–Crippen MR) is 77.4 cm³/mol. The zero-order chi connectivity index (χ0) is 13.4. The van der Waals surface area contributed by atoms with Gasteiger partial charge in [-0.15, -0.1) is 0 Å². The minimum atomic E-state index is -1.01. The first-order valence-electron chi connectivity index (χ1n) is 5.81. The van der Waals surface area contributed by atoms with Crippen LogP contribution in [0.15, 0.2) is 24.3 Å². The van der Waals surface area contributed by atoms with E-state index in [0.717, 1.165) is 19.3 Å². The van der Waals surface area contributed by atoms with Crippen LogP contribution in [0.2, 0.25) is 0 Å². The third kappa shape index (κ3) is 6.58. The van der Waals surface area contributed by atoms with Crippen LogP contribution in [0.25, 0.3) is 0 Å². The van der Waals surface area contributed by atoms with Crippen LogP contribution in [0, 0.1) is 3.57 Å². The van der Waals surface area contributed by atoms with E-state index in [2.05, 4.69) is 52.2 Å². The average Bonchev–Trinajstić information content (AvgIpc) is 2.34. The highest BCUT2D eigenvalue weighted by molar-refractivity contribution is 14.1. The molecule has 18 heavy (non-hydrogen) atoms. The molecule has 0 spiro atoms. The molecule has 1 amide bonds. The van der Waals surface area contributed by atoms with Crippen molar-refractivity contribution < 1.29 is 14.7 Å². The summed E-state index contributed by atoms with van der Waals surface area (Å²) in [5.41, 5.74) is 1.27. The summed E-state index contributed by atoms with van der Waals surface area (Å²) >= 11 is 2.26. The lowest BCUT2D eigenvalue weighted by Crippen LogP contribution is -2.28. The molecule has 0 aromatic heterocycles. The van der Waals surface area contributed by atoms with Gasteiger partial charge in [-0.25, -0.2) is 0 Å². The van der Waals surface area contributed by atoms with Gasteiger partial charge >= 0.3 is 5.97 Å². The van der Waals surface area contributed by atoms with Gasteiger partial charge in [0.25, 0.3) is 0 Å². The third-order valence-electron chi connectivity index (χ3n) is 2.47. The molecule has 2 N–H and O–H groups in total. The van der Waals surface area contributed by atoms with Gasteiger partial charge in [0.1, 0.15) is 6.54 Å². The SMILES string of the molecule is O=C(O)CNC(=O)CCCCc1ccc(I)cc1. The molecular weight excluding hydrogens is 345 g/mol. The van der Waals surface area contributed by atoms with Gasteiger partial charge in [0, 0.05) is 9.99 Å². The molecule has 0 aliphatic carbocycles. The second-order valence-electron chi connectivity index (χ2n) is 4.00. The first-order valence-corrected chi connectivity index (χ1v) is 6.89. The largest absolute Gasteiger partial charge is 0.480 e. The van der Waals surface area contributed by atoms with E-state index in [4.69, 9.17) is 5.11 Å². The van der Waals surface area contributed by atoms with E-state index in [1.54, 1.807) is 0 Å². The van der Waals surface area contributed by atoms with Crippen LogP contribution in [-0.2, 0) is 16.0 Å². The second kappa shape index (κ2) is 8.07. The fourth-order valence-electron chi connectivity index (χ4n) is 1.53. The molecule has 1 aromatic rings. The molecule has 1 aromatic carbocycles. The molecule has 1 rings (SSSR count). The van der Waals surface area contributed by atoms with Crippen LogP contribution in [0.5, 0.6) is 0 Å². The highest BCUT2D eigenvalue weighted by Crippen LogP contribution is 2.10. The Kier molecular flexibility index (Phi) is 6.70. The van der Waals surface area contributed by atoms with Gasteiger partial charge < -0.3 is 10.4 Å². The van der Waals surface area contributed by atoms with Crippen LogP contribution in [-0.4, -0.2) is 23.5 Å². The van der Waals surface area contributed by atoms with E-state index in [1.807, 2.05) is 0 Å². The summed E-state index contributed by atoms with van der Waals surface area (Å²) in [5.74, 6) is -1.21. The summed E-state index contributed by atoms with van der Waals surface area (Å²) in [5, 5.41) is 10.7. The quantitative estimate of drug-likeness (QED) is 0.578. The van der Waals surface area contributed by atoms with Gasteiger partial charge in [-0.05, 0) is 59.5 Å². The number of amides is 1. The first-order chi connectivity index (χ1) is 8.58. The number of carbonyl (C=O) groups is 2. The molecule has 5 heteroatoms. The van der Waals surface area contributed by atoms with Crippen molar-refractivity contribution in [2.24, 2.45) is 0 Å². The molecule has 0 saturated carbocycles. The normalized spacial score (nSPS) is 10.1. The second-order valence-corrected chi connectivity index (χ2v) is 5.25. The molecule has 98 valence electrons. The predicted octanol–water partition coefficient (Wildman–Crippen LogP) is 2.20. The summed E-state index contributed by atoms with van der Waals surface area (Å²) in [6.45, 7) is -0.296. The molecule has 0 fully saturated rings. The van der Waals surface area contributed by atoms with Gasteiger partial charge in [0.05, 0.1) is 0 Å². The first kappa shape index (κ1) is 14.9. The zero-order valence-electron chi connectivity index (χ0n) is 9.99. The zero-order valence-corrected chi connectivity index (χ0v) is 12.1. The van der Waals surface area contributed by atoms with Gasteiger partial charge in [-0.1, -0.05) is 12.1 Å². The number of benzene rings is 1. The smallest absolute Gasteiger partial charge is 0.322 e. The number of carbonyl (C=O) groups excluding carboxylic acids is 1. The van der Waals surface area contributed by atoms with Crippen LogP contribution in [0.4, 0.5) is 0 Å². The number of rotatable bonds is 7. The fourth-order valence-corrected chi connectivity index (χ4v) is 1.89. The van der Waals surface area contributed by atoms with E-state index in [0.29, 0.717) is 6.42 Å². The van der Waals surface area contributed by atoms with Crippen molar-refractivity contribution in [1.82, 2.24) is 5.32 Å². The van der Waals surface area contributed by atoms with E-state index in [9.17, 15) is 9.59 Å². The van der Waals surface area contributed by atoms with Crippen LogP contribution < -0.4 is 5.32 Å². The molecule has 0 aliphatic heterocycles. The fraction of sp³-hybridized carbons (Fsp3) is 0.385. The van der Waals surface area contributed by atoms with Crippen molar-refractivity contribution in [3.63, 3.8) is 0 Å². The summed E-state index contributed by atoms with van der Waals surface area (Å²) in [6, 6.07) is 8.31. The van der Waals surface area contributed by atoms with E-state index < -0.39 is 5.97 Å². The van der Waals surface area contributed by atoms with Crippen molar-refractivity contribution in [1.29, 1.82) is 0 Å². The Morgan fingerprint density at radius 2 is 1.83 bits per heavy atom. The Balaban J connectivity index is 2.13. The Morgan fingerprint density at radius 1 is 1.17 bits per heavy atom. The van der Waals surface area contributed by atoms with E-state index in [1.165, 1.54) is 9.13 Å². The number of aliphatic carboxylic acids is 1. The Morgan fingerprint density at radius 3 is 2.44 bits per heavy atom. The van der Waals surface area contributed by atoms with Gasteiger partial charge in [0.15, 0.2) is 0 Å². The maximum atomic E-state index is 11.2. The van der Waals surface area contributed by atoms with Crippen molar-refractivity contribution >= 4 is 34.5 Å². The summed E-state index contributed by atoms with van der Waals surface area (Å²) in [4.78, 5) is 21.5. The summed E-state index contributed by atoms with van der Waals surface area (Å²) in [6.07, 6.45) is 3.04. The lowest BCUT2D eigenvalue weighted by Gasteiger charge is -2.03. The molecule has 0 heterocycles. The maximum Gasteiger partial charge on any atom is 0.322 e. The Hall–Kier alpha value is -1.11. The van der Waals surface area contributed by atoms with Crippen molar-refractivity contribution in [2.45, 2.75) is 25.7 Å². The minimum absolute atomic E-state index is 0.194. The minimum Gasteiger partial charge on any atom is -0.480 e. The van der Waals surface area contributed by atoms with E-state index in [-0.39, 0.29) is 12.5 Å². The Labute approximate surface area is 120 Å². The van der Waals surface area contributed by atoms with Crippen LogP contribution in [0.1, 0.15) is 24.8 Å². The topological polar surface area (TPSA) is 66.4 Å². The summed E-state index contributed by atoms with van der Waals surface area (Å²) in [7, 11) is 0.